The van der Waals surface area contributed by atoms with Crippen molar-refractivity contribution < 1.29 is 4.79 Å². The largest absolute Gasteiger partial charge is 0.354 e. The zero-order valence-electron chi connectivity index (χ0n) is 13.9. The van der Waals surface area contributed by atoms with Crippen molar-refractivity contribution in [1.29, 1.82) is 0 Å². The molecule has 1 aliphatic rings. The number of hydrogen-bond acceptors (Lipinski definition) is 4. The molecule has 1 saturated carbocycles. The van der Waals surface area contributed by atoms with E-state index in [0.717, 1.165) is 25.8 Å². The molecule has 0 unspecified atom stereocenters. The molecule has 1 fully saturated rings. The van der Waals surface area contributed by atoms with Gasteiger partial charge in [0.05, 0.1) is 0 Å². The van der Waals surface area contributed by atoms with Crippen LogP contribution in [0, 0.1) is 0 Å². The van der Waals surface area contributed by atoms with Crippen molar-refractivity contribution in [3.63, 3.8) is 0 Å². The molecular weight excluding hydrogens is 300 g/mol. The maximum absolute atomic E-state index is 12.3. The fraction of sp³-hybridized carbons (Fsp3) is 0.421. The average Bonchev–Trinajstić information content (AvgIpc) is 2.64. The van der Waals surface area contributed by atoms with Crippen LogP contribution in [0.3, 0.4) is 0 Å². The molecule has 24 heavy (non-hydrogen) atoms. The second-order valence-corrected chi connectivity index (χ2v) is 6.24. The second-order valence-electron chi connectivity index (χ2n) is 6.24. The summed E-state index contributed by atoms with van der Waals surface area (Å²) in [6, 6.07) is 12.2. The van der Waals surface area contributed by atoms with Gasteiger partial charge < -0.3 is 10.6 Å². The van der Waals surface area contributed by atoms with Gasteiger partial charge in [0, 0.05) is 18.8 Å². The van der Waals surface area contributed by atoms with Crippen molar-refractivity contribution >= 4 is 11.9 Å². The highest BCUT2D eigenvalue weighted by Crippen LogP contribution is 2.17. The van der Waals surface area contributed by atoms with E-state index in [-0.39, 0.29) is 11.9 Å². The summed E-state index contributed by atoms with van der Waals surface area (Å²) in [4.78, 5) is 20.9. The maximum Gasteiger partial charge on any atom is 0.270 e. The summed E-state index contributed by atoms with van der Waals surface area (Å²) in [7, 11) is 0. The minimum atomic E-state index is -0.101. The van der Waals surface area contributed by atoms with Crippen LogP contribution in [0.4, 0.5) is 5.95 Å². The Morgan fingerprint density at radius 1 is 1.08 bits per heavy atom. The number of benzene rings is 1. The molecule has 3 rings (SSSR count). The quantitative estimate of drug-likeness (QED) is 0.856. The summed E-state index contributed by atoms with van der Waals surface area (Å²) in [6.07, 6.45) is 8.33. The molecule has 0 atom stereocenters. The van der Waals surface area contributed by atoms with Crippen molar-refractivity contribution in [2.24, 2.45) is 0 Å². The Balaban J connectivity index is 1.52. The van der Waals surface area contributed by atoms with Gasteiger partial charge in [0.1, 0.15) is 5.69 Å². The standard InChI is InChI=1S/C19H24N4O/c24-18(22-16-9-5-2-6-10-16)17-12-14-21-19(23-17)20-13-11-15-7-3-1-4-8-15/h1,3-4,7-8,12,14,16H,2,5-6,9-11,13H2,(H,22,24)(H,20,21,23). The lowest BCUT2D eigenvalue weighted by molar-refractivity contribution is 0.0922. The van der Waals surface area contributed by atoms with Crippen molar-refractivity contribution in [1.82, 2.24) is 15.3 Å². The van der Waals surface area contributed by atoms with Gasteiger partial charge >= 0.3 is 0 Å². The normalized spacial score (nSPS) is 15.0. The van der Waals surface area contributed by atoms with Gasteiger partial charge in [-0.1, -0.05) is 49.6 Å². The van der Waals surface area contributed by atoms with E-state index in [1.165, 1.54) is 24.8 Å². The zero-order valence-corrected chi connectivity index (χ0v) is 13.9. The summed E-state index contributed by atoms with van der Waals surface area (Å²) in [5.41, 5.74) is 1.69. The first-order chi connectivity index (χ1) is 11.8. The molecule has 0 aliphatic heterocycles. The predicted molar refractivity (Wildman–Crippen MR) is 95.0 cm³/mol. The third kappa shape index (κ3) is 4.78. The molecular formula is C19H24N4O. The molecule has 0 bridgehead atoms. The molecule has 0 radical (unpaired) electrons. The molecule has 5 nitrogen and oxygen atoms in total. The Morgan fingerprint density at radius 2 is 1.88 bits per heavy atom. The summed E-state index contributed by atoms with van der Waals surface area (Å²) in [5, 5.41) is 6.28. The lowest BCUT2D eigenvalue weighted by Gasteiger charge is -2.22. The highest BCUT2D eigenvalue weighted by atomic mass is 16.1. The number of nitrogens with one attached hydrogen (secondary N) is 2. The number of amides is 1. The number of hydrogen-bond donors (Lipinski definition) is 2. The van der Waals surface area contributed by atoms with Crippen LogP contribution >= 0.6 is 0 Å². The van der Waals surface area contributed by atoms with Crippen molar-refractivity contribution in [3.8, 4) is 0 Å². The fourth-order valence-corrected chi connectivity index (χ4v) is 3.04. The summed E-state index contributed by atoms with van der Waals surface area (Å²) >= 11 is 0. The van der Waals surface area contributed by atoms with E-state index in [9.17, 15) is 4.79 Å². The minimum absolute atomic E-state index is 0.101. The molecule has 2 N–H and O–H groups in total. The van der Waals surface area contributed by atoms with Gasteiger partial charge in [-0.3, -0.25) is 4.79 Å². The fourth-order valence-electron chi connectivity index (χ4n) is 3.04. The summed E-state index contributed by atoms with van der Waals surface area (Å²) in [5.74, 6) is 0.401. The van der Waals surface area contributed by atoms with Crippen LogP contribution in [0.5, 0.6) is 0 Å². The Labute approximate surface area is 142 Å². The van der Waals surface area contributed by atoms with Gasteiger partial charge in [0.25, 0.3) is 5.91 Å². The number of aromatic nitrogens is 2. The first-order valence-electron chi connectivity index (χ1n) is 8.73. The molecule has 1 aromatic heterocycles. The van der Waals surface area contributed by atoms with Crippen LogP contribution in [0.25, 0.3) is 0 Å². The Morgan fingerprint density at radius 3 is 2.67 bits per heavy atom. The molecule has 1 aliphatic carbocycles. The Hall–Kier alpha value is -2.43. The predicted octanol–water partition coefficient (Wildman–Crippen LogP) is 3.19. The van der Waals surface area contributed by atoms with Gasteiger partial charge in [-0.2, -0.15) is 0 Å². The number of anilines is 1. The topological polar surface area (TPSA) is 66.9 Å². The number of rotatable bonds is 6. The van der Waals surface area contributed by atoms with E-state index in [4.69, 9.17) is 0 Å². The van der Waals surface area contributed by atoms with Gasteiger partial charge in [0.2, 0.25) is 5.95 Å². The smallest absolute Gasteiger partial charge is 0.270 e. The number of nitrogens with zero attached hydrogens (tertiary/aromatic N) is 2. The van der Waals surface area contributed by atoms with Gasteiger partial charge in [0.15, 0.2) is 0 Å². The van der Waals surface area contributed by atoms with E-state index in [0.29, 0.717) is 11.6 Å². The third-order valence-corrected chi connectivity index (χ3v) is 4.37. The maximum atomic E-state index is 12.3. The van der Waals surface area contributed by atoms with E-state index in [2.05, 4.69) is 32.7 Å². The molecule has 2 aromatic rings. The van der Waals surface area contributed by atoms with E-state index in [1.54, 1.807) is 12.3 Å². The first-order valence-corrected chi connectivity index (χ1v) is 8.73. The van der Waals surface area contributed by atoms with Gasteiger partial charge in [-0.25, -0.2) is 9.97 Å². The van der Waals surface area contributed by atoms with Crippen LogP contribution in [0.15, 0.2) is 42.6 Å². The lowest BCUT2D eigenvalue weighted by atomic mass is 9.95. The minimum Gasteiger partial charge on any atom is -0.354 e. The van der Waals surface area contributed by atoms with Gasteiger partial charge in [-0.15, -0.1) is 0 Å². The summed E-state index contributed by atoms with van der Waals surface area (Å²) in [6.45, 7) is 0.734. The monoisotopic (exact) mass is 324 g/mol. The highest BCUT2D eigenvalue weighted by Gasteiger charge is 2.17. The van der Waals surface area contributed by atoms with Crippen LogP contribution in [-0.2, 0) is 6.42 Å². The third-order valence-electron chi connectivity index (χ3n) is 4.37. The summed E-state index contributed by atoms with van der Waals surface area (Å²) < 4.78 is 0. The molecule has 1 amide bonds. The zero-order chi connectivity index (χ0) is 16.6. The Kier molecular flexibility index (Phi) is 5.77. The SMILES string of the molecule is O=C(NC1CCCCC1)c1ccnc(NCCc2ccccc2)n1. The molecule has 0 spiro atoms. The van der Waals surface area contributed by atoms with Crippen LogP contribution in [0.2, 0.25) is 0 Å². The van der Waals surface area contributed by atoms with E-state index < -0.39 is 0 Å². The lowest BCUT2D eigenvalue weighted by Crippen LogP contribution is -2.36. The number of carbonyl (C=O) groups excluding carboxylic acids is 1. The Bertz CT molecular complexity index is 653. The first kappa shape index (κ1) is 16.4. The molecule has 5 heteroatoms. The average molecular weight is 324 g/mol. The molecule has 1 heterocycles. The van der Waals surface area contributed by atoms with Gasteiger partial charge in [-0.05, 0) is 30.9 Å². The second kappa shape index (κ2) is 8.43. The van der Waals surface area contributed by atoms with Crippen molar-refractivity contribution in [2.75, 3.05) is 11.9 Å². The highest BCUT2D eigenvalue weighted by molar-refractivity contribution is 5.92. The van der Waals surface area contributed by atoms with Crippen LogP contribution < -0.4 is 10.6 Å². The molecule has 0 saturated heterocycles. The van der Waals surface area contributed by atoms with E-state index >= 15 is 0 Å². The number of carbonyl (C=O) groups is 1. The van der Waals surface area contributed by atoms with Crippen molar-refractivity contribution in [2.45, 2.75) is 44.6 Å². The van der Waals surface area contributed by atoms with Crippen LogP contribution in [0.1, 0.15) is 48.2 Å². The van der Waals surface area contributed by atoms with Crippen LogP contribution in [-0.4, -0.2) is 28.5 Å². The molecule has 126 valence electrons. The van der Waals surface area contributed by atoms with Crippen molar-refractivity contribution in [3.05, 3.63) is 53.9 Å². The molecule has 1 aromatic carbocycles. The van der Waals surface area contributed by atoms with E-state index in [1.807, 2.05) is 18.2 Å².